The van der Waals surface area contributed by atoms with Crippen LogP contribution in [0.2, 0.25) is 0 Å². The summed E-state index contributed by atoms with van der Waals surface area (Å²) in [7, 11) is 0. The van der Waals surface area contributed by atoms with Crippen LogP contribution in [0.3, 0.4) is 0 Å². The van der Waals surface area contributed by atoms with Crippen LogP contribution in [-0.2, 0) is 16.1 Å². The predicted octanol–water partition coefficient (Wildman–Crippen LogP) is 2.88. The molecule has 3 rings (SSSR count). The minimum Gasteiger partial charge on any atom is -0.351 e. The normalized spacial score (nSPS) is 16.2. The third kappa shape index (κ3) is 5.60. The number of rotatable bonds is 6. The second-order valence-corrected chi connectivity index (χ2v) is 7.50. The molecule has 1 atom stereocenters. The van der Waals surface area contributed by atoms with E-state index in [0.29, 0.717) is 37.3 Å². The number of piperidine rings is 1. The second-order valence-electron chi connectivity index (χ2n) is 7.50. The third-order valence-electron chi connectivity index (χ3n) is 5.41. The fourth-order valence-electron chi connectivity index (χ4n) is 3.52. The molecule has 2 aromatic rings. The van der Waals surface area contributed by atoms with Crippen LogP contribution >= 0.6 is 0 Å². The molecular weight excluding hydrogens is 371 g/mol. The summed E-state index contributed by atoms with van der Waals surface area (Å²) in [4.78, 5) is 31.2. The van der Waals surface area contributed by atoms with E-state index in [1.54, 1.807) is 24.4 Å². The molecule has 1 saturated heterocycles. The first kappa shape index (κ1) is 20.9. The van der Waals surface area contributed by atoms with E-state index >= 15 is 0 Å². The monoisotopic (exact) mass is 398 g/mol. The molecule has 7 heteroatoms. The Morgan fingerprint density at radius 2 is 1.97 bits per heavy atom. The van der Waals surface area contributed by atoms with E-state index in [1.165, 1.54) is 6.07 Å². The number of carbonyl (C=O) groups excluding carboxylic acids is 2. The van der Waals surface area contributed by atoms with Gasteiger partial charge in [-0.05, 0) is 63.5 Å². The van der Waals surface area contributed by atoms with Crippen LogP contribution in [0.4, 0.5) is 10.2 Å². The molecular formula is C22H27FN4O2. The summed E-state index contributed by atoms with van der Waals surface area (Å²) in [6.45, 7) is 5.28. The predicted molar refractivity (Wildman–Crippen MR) is 110 cm³/mol. The summed E-state index contributed by atoms with van der Waals surface area (Å²) in [6.07, 6.45) is 3.04. The Kier molecular flexibility index (Phi) is 6.93. The summed E-state index contributed by atoms with van der Waals surface area (Å²) in [5.41, 5.74) is 1.51. The molecule has 0 saturated carbocycles. The molecule has 2 heterocycles. The maximum atomic E-state index is 13.7. The number of hydrogen-bond donors (Lipinski definition) is 2. The third-order valence-corrected chi connectivity index (χ3v) is 5.41. The maximum Gasteiger partial charge on any atom is 0.237 e. The molecule has 1 fully saturated rings. The largest absolute Gasteiger partial charge is 0.351 e. The number of carbonyl (C=O) groups is 2. The number of aromatic nitrogens is 1. The zero-order valence-electron chi connectivity index (χ0n) is 16.8. The Hall–Kier alpha value is -2.80. The number of nitrogens with zero attached hydrogens (tertiary/aromatic N) is 2. The van der Waals surface area contributed by atoms with Gasteiger partial charge in [-0.1, -0.05) is 18.2 Å². The molecule has 0 spiro atoms. The smallest absolute Gasteiger partial charge is 0.237 e. The first-order valence-electron chi connectivity index (χ1n) is 9.92. The maximum absolute atomic E-state index is 13.7. The van der Waals surface area contributed by atoms with Gasteiger partial charge in [0.15, 0.2) is 0 Å². The van der Waals surface area contributed by atoms with Crippen LogP contribution in [0, 0.1) is 18.7 Å². The van der Waals surface area contributed by atoms with Crippen molar-refractivity contribution in [1.29, 1.82) is 0 Å². The average molecular weight is 398 g/mol. The molecule has 1 aliphatic rings. The van der Waals surface area contributed by atoms with Crippen molar-refractivity contribution in [3.05, 3.63) is 59.5 Å². The van der Waals surface area contributed by atoms with Gasteiger partial charge < -0.3 is 10.6 Å². The summed E-state index contributed by atoms with van der Waals surface area (Å²) < 4.78 is 13.7. The number of halogens is 1. The van der Waals surface area contributed by atoms with Gasteiger partial charge in [-0.25, -0.2) is 9.37 Å². The fourth-order valence-corrected chi connectivity index (χ4v) is 3.52. The molecule has 29 heavy (non-hydrogen) atoms. The fraction of sp³-hybridized carbons (Fsp3) is 0.409. The molecule has 6 nitrogen and oxygen atoms in total. The number of anilines is 1. The standard InChI is InChI=1S/C22H27FN4O2/c1-15-7-10-24-20(13-15)26-22(29)17-8-11-27(12-9-17)16(2)21(28)25-14-18-5-3-4-6-19(18)23/h3-7,10,13,16-17H,8-9,11-12,14H2,1-2H3,(H,25,28)(H,24,26,29). The van der Waals surface area contributed by atoms with Crippen molar-refractivity contribution in [3.63, 3.8) is 0 Å². The Morgan fingerprint density at radius 1 is 1.24 bits per heavy atom. The molecule has 154 valence electrons. The lowest BCUT2D eigenvalue weighted by Crippen LogP contribution is -2.49. The van der Waals surface area contributed by atoms with Gasteiger partial charge in [0.1, 0.15) is 11.6 Å². The van der Waals surface area contributed by atoms with Crippen LogP contribution in [0.1, 0.15) is 30.9 Å². The number of nitrogens with one attached hydrogen (secondary N) is 2. The highest BCUT2D eigenvalue weighted by atomic mass is 19.1. The molecule has 0 radical (unpaired) electrons. The van der Waals surface area contributed by atoms with Crippen molar-refractivity contribution in [2.75, 3.05) is 18.4 Å². The van der Waals surface area contributed by atoms with Gasteiger partial charge in [-0.2, -0.15) is 0 Å². The molecule has 1 aromatic heterocycles. The van der Waals surface area contributed by atoms with Gasteiger partial charge in [-0.15, -0.1) is 0 Å². The summed E-state index contributed by atoms with van der Waals surface area (Å²) in [6, 6.07) is 9.81. The Labute approximate surface area is 170 Å². The highest BCUT2D eigenvalue weighted by molar-refractivity contribution is 5.91. The lowest BCUT2D eigenvalue weighted by atomic mass is 9.95. The molecule has 0 bridgehead atoms. The van der Waals surface area contributed by atoms with Gasteiger partial charge in [-0.3, -0.25) is 14.5 Å². The van der Waals surface area contributed by atoms with E-state index < -0.39 is 0 Å². The number of benzene rings is 1. The first-order chi connectivity index (χ1) is 13.9. The van der Waals surface area contributed by atoms with E-state index in [-0.39, 0.29) is 36.1 Å². The Balaban J connectivity index is 1.46. The number of amides is 2. The number of likely N-dealkylation sites (tertiary alicyclic amines) is 1. The Bertz CT molecular complexity index is 865. The minimum atomic E-state index is -0.329. The topological polar surface area (TPSA) is 74.3 Å². The molecule has 2 N–H and O–H groups in total. The van der Waals surface area contributed by atoms with Gasteiger partial charge >= 0.3 is 0 Å². The number of aryl methyl sites for hydroxylation is 1. The summed E-state index contributed by atoms with van der Waals surface area (Å²) in [5, 5.41) is 5.68. The lowest BCUT2D eigenvalue weighted by molar-refractivity contribution is -0.127. The van der Waals surface area contributed by atoms with E-state index in [9.17, 15) is 14.0 Å². The van der Waals surface area contributed by atoms with E-state index in [4.69, 9.17) is 0 Å². The van der Waals surface area contributed by atoms with Crippen molar-refractivity contribution >= 4 is 17.6 Å². The number of hydrogen-bond acceptors (Lipinski definition) is 4. The van der Waals surface area contributed by atoms with Crippen molar-refractivity contribution in [2.45, 2.75) is 39.3 Å². The van der Waals surface area contributed by atoms with Crippen LogP contribution < -0.4 is 10.6 Å². The molecule has 1 unspecified atom stereocenters. The van der Waals surface area contributed by atoms with Crippen molar-refractivity contribution < 1.29 is 14.0 Å². The quantitative estimate of drug-likeness (QED) is 0.785. The molecule has 2 amide bonds. The van der Waals surface area contributed by atoms with Gasteiger partial charge in [0, 0.05) is 24.2 Å². The number of pyridine rings is 1. The molecule has 1 aliphatic heterocycles. The highest BCUT2D eigenvalue weighted by Crippen LogP contribution is 2.21. The Morgan fingerprint density at radius 3 is 2.66 bits per heavy atom. The van der Waals surface area contributed by atoms with Gasteiger partial charge in [0.25, 0.3) is 0 Å². The van der Waals surface area contributed by atoms with Crippen molar-refractivity contribution in [3.8, 4) is 0 Å². The SMILES string of the molecule is Cc1ccnc(NC(=O)C2CCN(C(C)C(=O)NCc3ccccc3F)CC2)c1. The first-order valence-corrected chi connectivity index (χ1v) is 9.92. The molecule has 1 aromatic carbocycles. The average Bonchev–Trinajstić information content (AvgIpc) is 2.72. The molecule has 0 aliphatic carbocycles. The summed E-state index contributed by atoms with van der Waals surface area (Å²) in [5.74, 6) is -0.0181. The van der Waals surface area contributed by atoms with Gasteiger partial charge in [0.05, 0.1) is 6.04 Å². The zero-order valence-corrected chi connectivity index (χ0v) is 16.8. The second kappa shape index (κ2) is 9.60. The van der Waals surface area contributed by atoms with E-state index in [0.717, 1.165) is 5.56 Å². The lowest BCUT2D eigenvalue weighted by Gasteiger charge is -2.34. The van der Waals surface area contributed by atoms with E-state index in [1.807, 2.05) is 26.0 Å². The van der Waals surface area contributed by atoms with Crippen LogP contribution in [-0.4, -0.2) is 40.8 Å². The van der Waals surface area contributed by atoms with Crippen molar-refractivity contribution in [2.24, 2.45) is 5.92 Å². The highest BCUT2D eigenvalue weighted by Gasteiger charge is 2.29. The van der Waals surface area contributed by atoms with Crippen LogP contribution in [0.25, 0.3) is 0 Å². The van der Waals surface area contributed by atoms with Gasteiger partial charge in [0.2, 0.25) is 11.8 Å². The summed E-state index contributed by atoms with van der Waals surface area (Å²) >= 11 is 0. The van der Waals surface area contributed by atoms with Crippen molar-refractivity contribution in [1.82, 2.24) is 15.2 Å². The van der Waals surface area contributed by atoms with Crippen LogP contribution in [0.5, 0.6) is 0 Å². The van der Waals surface area contributed by atoms with Crippen LogP contribution in [0.15, 0.2) is 42.6 Å². The minimum absolute atomic E-state index is 0.0283. The zero-order chi connectivity index (χ0) is 20.8. The van der Waals surface area contributed by atoms with E-state index in [2.05, 4.69) is 20.5 Å².